The lowest BCUT2D eigenvalue weighted by atomic mass is 9.99. The van der Waals surface area contributed by atoms with Crippen molar-refractivity contribution in [1.29, 1.82) is 0 Å². The predicted molar refractivity (Wildman–Crippen MR) is 128 cm³/mol. The predicted octanol–water partition coefficient (Wildman–Crippen LogP) is -1.11. The molecule has 4 N–H and O–H groups in total. The monoisotopic (exact) mass is 537 g/mol. The number of nitrogens with zero attached hydrogens (tertiary/aromatic N) is 3. The molecule has 0 spiro atoms. The number of rotatable bonds is 4. The van der Waals surface area contributed by atoms with E-state index in [1.165, 1.54) is 6.20 Å². The van der Waals surface area contributed by atoms with Crippen molar-refractivity contribution in [2.24, 2.45) is 0 Å². The number of esters is 1. The summed E-state index contributed by atoms with van der Waals surface area (Å²) in [6, 6.07) is 0.698. The summed E-state index contributed by atoms with van der Waals surface area (Å²) < 4.78 is 33.0. The summed E-state index contributed by atoms with van der Waals surface area (Å²) in [6.07, 6.45) is -8.72. The fourth-order valence-corrected chi connectivity index (χ4v) is 5.00. The summed E-state index contributed by atoms with van der Waals surface area (Å²) in [4.78, 5) is 41.7. The average Bonchev–Trinajstić information content (AvgIpc) is 2.88. The summed E-state index contributed by atoms with van der Waals surface area (Å²) in [5.41, 5.74) is -0.831. The highest BCUT2D eigenvalue weighted by molar-refractivity contribution is 5.98. The van der Waals surface area contributed by atoms with Crippen molar-refractivity contribution in [3.63, 3.8) is 0 Å². The number of hydrogen-bond acceptors (Lipinski definition) is 11. The van der Waals surface area contributed by atoms with Gasteiger partial charge in [0, 0.05) is 32.4 Å². The number of aliphatic hydroxyl groups excluding tert-OH is 3. The largest absolute Gasteiger partial charge is 0.487 e. The Morgan fingerprint density at radius 3 is 2.45 bits per heavy atom. The van der Waals surface area contributed by atoms with Crippen molar-refractivity contribution in [2.45, 2.75) is 43.7 Å². The number of pyridine rings is 1. The molecule has 5 rings (SSSR count). The molecule has 14 heteroatoms. The van der Waals surface area contributed by atoms with Crippen LogP contribution >= 0.6 is 0 Å². The highest BCUT2D eigenvalue weighted by Gasteiger charge is 2.49. The van der Waals surface area contributed by atoms with E-state index >= 15 is 4.39 Å². The number of aromatic nitrogens is 1. The SMILES string of the molecule is C[C@H]1COc2c(N3CCN(C)CC3)c(F)cc3c(=O)c(C(=O)O[C@@H]4OC(C(=O)O)[C@@H](O)[C@H](O)C4O)cn1c23. The summed E-state index contributed by atoms with van der Waals surface area (Å²) >= 11 is 0. The van der Waals surface area contributed by atoms with Gasteiger partial charge in [-0.2, -0.15) is 0 Å². The highest BCUT2D eigenvalue weighted by atomic mass is 19.1. The topological polar surface area (TPSA) is 171 Å². The molecule has 38 heavy (non-hydrogen) atoms. The Morgan fingerprint density at radius 2 is 1.79 bits per heavy atom. The third-order valence-corrected chi connectivity index (χ3v) is 7.22. The van der Waals surface area contributed by atoms with Crippen LogP contribution < -0.4 is 15.1 Å². The first-order valence-corrected chi connectivity index (χ1v) is 12.1. The lowest BCUT2D eigenvalue weighted by molar-refractivity contribution is -0.278. The first kappa shape index (κ1) is 26.3. The minimum absolute atomic E-state index is 0.125. The van der Waals surface area contributed by atoms with Gasteiger partial charge in [-0.1, -0.05) is 0 Å². The third-order valence-electron chi connectivity index (χ3n) is 7.22. The Hall–Kier alpha value is -3.30. The van der Waals surface area contributed by atoms with Crippen LogP contribution in [-0.2, 0) is 14.3 Å². The highest BCUT2D eigenvalue weighted by Crippen LogP contribution is 2.42. The molecule has 0 saturated carbocycles. The molecule has 0 amide bonds. The molecule has 13 nitrogen and oxygen atoms in total. The van der Waals surface area contributed by atoms with Gasteiger partial charge < -0.3 is 49.0 Å². The number of ether oxygens (including phenoxy) is 3. The van der Waals surface area contributed by atoms with Gasteiger partial charge in [0.25, 0.3) is 0 Å². The summed E-state index contributed by atoms with van der Waals surface area (Å²) in [5, 5.41) is 39.1. The minimum atomic E-state index is -2.00. The minimum Gasteiger partial charge on any atom is -0.487 e. The zero-order valence-corrected chi connectivity index (χ0v) is 20.6. The molecule has 2 fully saturated rings. The quantitative estimate of drug-likeness (QED) is 0.348. The van der Waals surface area contributed by atoms with Gasteiger partial charge in [-0.05, 0) is 20.0 Å². The van der Waals surface area contributed by atoms with Gasteiger partial charge in [-0.25, -0.2) is 14.0 Å². The van der Waals surface area contributed by atoms with E-state index in [-0.39, 0.29) is 29.5 Å². The van der Waals surface area contributed by atoms with Gasteiger partial charge in [0.2, 0.25) is 11.7 Å². The maximum Gasteiger partial charge on any atom is 0.346 e. The molecule has 6 atom stereocenters. The van der Waals surface area contributed by atoms with Gasteiger partial charge >= 0.3 is 11.9 Å². The summed E-state index contributed by atoms with van der Waals surface area (Å²) in [7, 11) is 1.97. The molecule has 4 heterocycles. The van der Waals surface area contributed by atoms with Gasteiger partial charge in [-0.15, -0.1) is 0 Å². The lowest BCUT2D eigenvalue weighted by Crippen LogP contribution is -2.60. The number of carboxylic acids is 1. The number of halogens is 1. The molecular weight excluding hydrogens is 509 g/mol. The second-order valence-corrected chi connectivity index (χ2v) is 9.80. The zero-order valence-electron chi connectivity index (χ0n) is 20.6. The van der Waals surface area contributed by atoms with Crippen molar-refractivity contribution in [2.75, 3.05) is 44.7 Å². The van der Waals surface area contributed by atoms with Crippen LogP contribution in [0.2, 0.25) is 0 Å². The first-order valence-electron chi connectivity index (χ1n) is 12.1. The smallest absolute Gasteiger partial charge is 0.346 e. The van der Waals surface area contributed by atoms with Gasteiger partial charge in [0.05, 0.1) is 16.9 Å². The number of carbonyl (C=O) groups is 2. The Morgan fingerprint density at radius 1 is 1.11 bits per heavy atom. The van der Waals surface area contributed by atoms with Crippen molar-refractivity contribution >= 4 is 28.5 Å². The normalized spacial score (nSPS) is 29.7. The van der Waals surface area contributed by atoms with E-state index in [1.54, 1.807) is 11.5 Å². The average molecular weight is 537 g/mol. The van der Waals surface area contributed by atoms with Crippen molar-refractivity contribution in [3.8, 4) is 5.75 Å². The fraction of sp³-hybridized carbons (Fsp3) is 0.542. The van der Waals surface area contributed by atoms with Crippen LogP contribution in [-0.4, -0.2) is 112 Å². The van der Waals surface area contributed by atoms with Crippen LogP contribution in [0, 0.1) is 5.82 Å². The lowest BCUT2D eigenvalue weighted by Gasteiger charge is -2.38. The van der Waals surface area contributed by atoms with E-state index in [1.807, 2.05) is 11.9 Å². The molecule has 0 radical (unpaired) electrons. The molecular formula is C24H28FN3O10. The molecule has 1 aromatic heterocycles. The van der Waals surface area contributed by atoms with Crippen LogP contribution in [0.4, 0.5) is 10.1 Å². The Labute approximate surface area is 215 Å². The van der Waals surface area contributed by atoms with E-state index in [2.05, 4.69) is 4.90 Å². The van der Waals surface area contributed by atoms with Crippen molar-refractivity contribution in [3.05, 3.63) is 33.9 Å². The number of aliphatic hydroxyl groups is 3. The van der Waals surface area contributed by atoms with E-state index in [0.29, 0.717) is 31.7 Å². The number of benzene rings is 1. The Bertz CT molecular complexity index is 1340. The molecule has 206 valence electrons. The van der Waals surface area contributed by atoms with E-state index in [9.17, 15) is 34.8 Å². The molecule has 2 unspecified atom stereocenters. The number of piperazine rings is 1. The molecule has 3 aliphatic rings. The van der Waals surface area contributed by atoms with Crippen molar-refractivity contribution in [1.82, 2.24) is 9.47 Å². The number of hydrogen-bond donors (Lipinski definition) is 4. The maximum absolute atomic E-state index is 15.5. The fourth-order valence-electron chi connectivity index (χ4n) is 5.00. The zero-order chi connectivity index (χ0) is 27.5. The molecule has 2 aromatic rings. The van der Waals surface area contributed by atoms with E-state index in [0.717, 1.165) is 6.07 Å². The van der Waals surface area contributed by atoms with Crippen LogP contribution in [0.5, 0.6) is 5.75 Å². The maximum atomic E-state index is 15.5. The molecule has 0 bridgehead atoms. The first-order chi connectivity index (χ1) is 18.0. The van der Waals surface area contributed by atoms with Gasteiger partial charge in [0.15, 0.2) is 17.7 Å². The van der Waals surface area contributed by atoms with E-state index in [4.69, 9.17) is 14.2 Å². The summed E-state index contributed by atoms with van der Waals surface area (Å²) in [5.74, 6) is -3.44. The number of aliphatic carboxylic acids is 1. The van der Waals surface area contributed by atoms with Crippen LogP contribution in [0.3, 0.4) is 0 Å². The molecule has 2 saturated heterocycles. The number of anilines is 1. The summed E-state index contributed by atoms with van der Waals surface area (Å²) in [6.45, 7) is 4.47. The number of likely N-dealkylation sites (N-methyl/N-ethyl adjacent to an activating group) is 1. The third kappa shape index (κ3) is 4.27. The Balaban J connectivity index is 1.54. The molecule has 0 aliphatic carbocycles. The second kappa shape index (κ2) is 9.78. The van der Waals surface area contributed by atoms with Gasteiger partial charge in [-0.3, -0.25) is 4.79 Å². The molecule has 1 aromatic carbocycles. The van der Waals surface area contributed by atoms with E-state index < -0.39 is 59.5 Å². The number of carbonyl (C=O) groups excluding carboxylic acids is 1. The number of carboxylic acid groups (broad SMARTS) is 1. The molecule has 3 aliphatic heterocycles. The van der Waals surface area contributed by atoms with Crippen LogP contribution in [0.1, 0.15) is 23.3 Å². The van der Waals surface area contributed by atoms with Crippen LogP contribution in [0.25, 0.3) is 10.9 Å². The second-order valence-electron chi connectivity index (χ2n) is 9.80. The van der Waals surface area contributed by atoms with Gasteiger partial charge in [0.1, 0.15) is 36.2 Å². The van der Waals surface area contributed by atoms with Crippen molar-refractivity contribution < 1.29 is 48.6 Å². The standard InChI is InChI=1S/C24H28FN3O10/c1-10-9-36-20-14-11(7-13(25)15(20)27-5-3-26(2)4-6-27)16(29)12(8-28(10)14)23(35)38-24-19(32)17(30)18(31)21(37-24)22(33)34/h7-8,10,17-19,21,24,30-32H,3-6,9H2,1-2H3,(H,33,34)/t10-,17-,18-,19?,21?,24-/m0/s1. The Kier molecular flexibility index (Phi) is 6.77. The van der Waals surface area contributed by atoms with Crippen LogP contribution in [0.15, 0.2) is 17.1 Å².